The van der Waals surface area contributed by atoms with E-state index in [0.29, 0.717) is 27.5 Å². The molecule has 0 atom stereocenters. The Bertz CT molecular complexity index is 1180. The fourth-order valence-corrected chi connectivity index (χ4v) is 3.98. The van der Waals surface area contributed by atoms with Crippen molar-refractivity contribution in [1.29, 1.82) is 0 Å². The van der Waals surface area contributed by atoms with Crippen molar-refractivity contribution in [3.05, 3.63) is 52.7 Å². The largest absolute Gasteiger partial charge is 0.355 e. The van der Waals surface area contributed by atoms with Crippen LogP contribution < -0.4 is 10.0 Å². The van der Waals surface area contributed by atoms with Gasteiger partial charge in [-0.1, -0.05) is 23.7 Å². The first-order valence-corrected chi connectivity index (χ1v) is 11.1. The molecule has 1 fully saturated rings. The van der Waals surface area contributed by atoms with Crippen LogP contribution in [0.3, 0.4) is 0 Å². The van der Waals surface area contributed by atoms with E-state index in [9.17, 15) is 13.2 Å². The van der Waals surface area contributed by atoms with Gasteiger partial charge in [0.1, 0.15) is 5.69 Å². The van der Waals surface area contributed by atoms with E-state index in [2.05, 4.69) is 15.1 Å². The molecule has 0 radical (unpaired) electrons. The molecule has 0 aliphatic heterocycles. The van der Waals surface area contributed by atoms with Crippen LogP contribution in [0.4, 0.5) is 5.69 Å². The molecule has 2 heterocycles. The maximum atomic E-state index is 12.7. The Kier molecular flexibility index (Phi) is 4.55. The van der Waals surface area contributed by atoms with Gasteiger partial charge in [-0.15, -0.1) is 0 Å². The number of halogens is 1. The highest BCUT2D eigenvalue weighted by molar-refractivity contribution is 7.92. The molecule has 9 heteroatoms. The maximum absolute atomic E-state index is 12.7. The molecule has 0 spiro atoms. The van der Waals surface area contributed by atoms with Gasteiger partial charge in [0.05, 0.1) is 29.2 Å². The van der Waals surface area contributed by atoms with Gasteiger partial charge in [0.15, 0.2) is 0 Å². The van der Waals surface area contributed by atoms with Crippen LogP contribution in [0.15, 0.2) is 36.5 Å². The van der Waals surface area contributed by atoms with Crippen LogP contribution >= 0.6 is 11.6 Å². The van der Waals surface area contributed by atoms with Crippen molar-refractivity contribution in [3.8, 4) is 11.3 Å². The second-order valence-corrected chi connectivity index (χ2v) is 9.12. The van der Waals surface area contributed by atoms with Crippen LogP contribution in [0.25, 0.3) is 16.8 Å². The zero-order chi connectivity index (χ0) is 20.1. The van der Waals surface area contributed by atoms with Crippen LogP contribution in [-0.2, 0) is 10.0 Å². The van der Waals surface area contributed by atoms with E-state index in [1.54, 1.807) is 42.0 Å². The van der Waals surface area contributed by atoms with Crippen molar-refractivity contribution in [2.45, 2.75) is 18.8 Å². The van der Waals surface area contributed by atoms with Crippen LogP contribution in [0.5, 0.6) is 0 Å². The molecular formula is C19H19ClN4O3S. The van der Waals surface area contributed by atoms with Gasteiger partial charge in [-0.3, -0.25) is 9.52 Å². The highest BCUT2D eigenvalue weighted by atomic mass is 35.5. The highest BCUT2D eigenvalue weighted by Gasteiger charge is 2.29. The summed E-state index contributed by atoms with van der Waals surface area (Å²) in [7, 11) is -1.87. The van der Waals surface area contributed by atoms with Crippen molar-refractivity contribution in [2.75, 3.05) is 18.0 Å². The van der Waals surface area contributed by atoms with E-state index in [1.807, 2.05) is 6.07 Å². The first kappa shape index (κ1) is 18.8. The van der Waals surface area contributed by atoms with E-state index in [1.165, 1.54) is 0 Å². The van der Waals surface area contributed by atoms with Crippen molar-refractivity contribution < 1.29 is 13.2 Å². The zero-order valence-electron chi connectivity index (χ0n) is 15.4. The molecule has 146 valence electrons. The summed E-state index contributed by atoms with van der Waals surface area (Å²) < 4.78 is 27.7. The van der Waals surface area contributed by atoms with E-state index < -0.39 is 10.0 Å². The number of nitrogens with zero attached hydrogens (tertiary/aromatic N) is 2. The molecule has 1 aromatic carbocycles. The second-order valence-electron chi connectivity index (χ2n) is 6.93. The van der Waals surface area contributed by atoms with Crippen molar-refractivity contribution in [2.24, 2.45) is 0 Å². The topological polar surface area (TPSA) is 92.6 Å². The summed E-state index contributed by atoms with van der Waals surface area (Å²) in [6.45, 7) is 0. The zero-order valence-corrected chi connectivity index (χ0v) is 16.9. The number of hydrogen-bond donors (Lipinski definition) is 2. The Morgan fingerprint density at radius 1 is 1.25 bits per heavy atom. The molecule has 3 aromatic rings. The van der Waals surface area contributed by atoms with Crippen molar-refractivity contribution in [3.63, 3.8) is 0 Å². The van der Waals surface area contributed by atoms with Crippen molar-refractivity contribution >= 4 is 38.7 Å². The lowest BCUT2D eigenvalue weighted by Gasteiger charge is -2.11. The number of nitrogens with one attached hydrogen (secondary N) is 2. The van der Waals surface area contributed by atoms with Crippen molar-refractivity contribution in [1.82, 2.24) is 14.9 Å². The summed E-state index contributed by atoms with van der Waals surface area (Å²) in [6.07, 6.45) is 4.73. The third kappa shape index (κ3) is 3.57. The van der Waals surface area contributed by atoms with E-state index in [4.69, 9.17) is 11.6 Å². The Morgan fingerprint density at radius 3 is 2.50 bits per heavy atom. The van der Waals surface area contributed by atoms with Gasteiger partial charge in [0.2, 0.25) is 10.0 Å². The molecule has 1 amide bonds. The fraction of sp³-hybridized carbons (Fsp3) is 0.263. The average Bonchev–Trinajstić information content (AvgIpc) is 3.41. The first-order chi connectivity index (χ1) is 13.3. The number of carbonyl (C=O) groups is 1. The molecule has 0 saturated heterocycles. The molecule has 0 bridgehead atoms. The second kappa shape index (κ2) is 6.79. The summed E-state index contributed by atoms with van der Waals surface area (Å²) in [5.74, 6) is 0.0196. The lowest BCUT2D eigenvalue weighted by molar-refractivity contribution is 0.0965. The minimum Gasteiger partial charge on any atom is -0.355 e. The number of amides is 1. The Hall–Kier alpha value is -2.58. The number of benzene rings is 1. The SMILES string of the molecule is CNC(=O)c1c(-c2ccc(Cl)cc2)nn2cc(NS(C)(=O)=O)c(C3CC3)cc12. The number of rotatable bonds is 5. The number of sulfonamides is 1. The number of anilines is 1. The van der Waals surface area contributed by atoms with Gasteiger partial charge in [0, 0.05) is 17.6 Å². The summed E-state index contributed by atoms with van der Waals surface area (Å²) in [4.78, 5) is 12.7. The third-order valence-corrected chi connectivity index (χ3v) is 5.53. The molecule has 1 saturated carbocycles. The Morgan fingerprint density at radius 2 is 1.93 bits per heavy atom. The lowest BCUT2D eigenvalue weighted by atomic mass is 10.0. The minimum atomic E-state index is -3.44. The Balaban J connectivity index is 1.97. The Labute approximate surface area is 167 Å². The molecule has 1 aliphatic carbocycles. The van der Waals surface area contributed by atoms with Gasteiger partial charge in [0.25, 0.3) is 5.91 Å². The number of pyridine rings is 1. The number of carbonyl (C=O) groups excluding carboxylic acids is 1. The third-order valence-electron chi connectivity index (χ3n) is 4.69. The fourth-order valence-electron chi connectivity index (χ4n) is 3.28. The number of aromatic nitrogens is 2. The molecule has 7 nitrogen and oxygen atoms in total. The van der Waals surface area contributed by atoms with E-state index in [-0.39, 0.29) is 11.8 Å². The molecule has 0 unspecified atom stereocenters. The lowest BCUT2D eigenvalue weighted by Crippen LogP contribution is -2.18. The van der Waals surface area contributed by atoms with Gasteiger partial charge >= 0.3 is 0 Å². The monoisotopic (exact) mass is 418 g/mol. The number of fused-ring (bicyclic) bond motifs is 1. The van der Waals surface area contributed by atoms with Gasteiger partial charge in [-0.25, -0.2) is 12.9 Å². The van der Waals surface area contributed by atoms with E-state index >= 15 is 0 Å². The van der Waals surface area contributed by atoms with Crippen LogP contribution in [0.2, 0.25) is 5.02 Å². The molecule has 4 rings (SSSR count). The summed E-state index contributed by atoms with van der Waals surface area (Å²) in [5, 5.41) is 7.83. The maximum Gasteiger partial charge on any atom is 0.255 e. The van der Waals surface area contributed by atoms with Gasteiger partial charge < -0.3 is 5.32 Å². The smallest absolute Gasteiger partial charge is 0.255 e. The van der Waals surface area contributed by atoms with Gasteiger partial charge in [-0.05, 0) is 42.5 Å². The molecular weight excluding hydrogens is 400 g/mol. The summed E-state index contributed by atoms with van der Waals surface area (Å²) in [6, 6.07) is 8.94. The van der Waals surface area contributed by atoms with E-state index in [0.717, 1.165) is 30.2 Å². The minimum absolute atomic E-state index is 0.259. The van der Waals surface area contributed by atoms with Crippen LogP contribution in [0.1, 0.15) is 34.7 Å². The molecule has 2 N–H and O–H groups in total. The predicted molar refractivity (Wildman–Crippen MR) is 109 cm³/mol. The van der Waals surface area contributed by atoms with Crippen LogP contribution in [-0.4, -0.2) is 37.2 Å². The number of hydrogen-bond acceptors (Lipinski definition) is 4. The molecule has 28 heavy (non-hydrogen) atoms. The summed E-state index contributed by atoms with van der Waals surface area (Å²) in [5.41, 5.74) is 3.70. The predicted octanol–water partition coefficient (Wildman–Crippen LogP) is 3.26. The standard InChI is InChI=1S/C19H19ClN4O3S/c1-21-19(25)17-16-9-14(11-3-4-11)15(23-28(2,26)27)10-24(16)22-18(17)12-5-7-13(20)8-6-12/h5-11,23H,3-4H2,1-2H3,(H,21,25). The quantitative estimate of drug-likeness (QED) is 0.665. The van der Waals surface area contributed by atoms with Crippen LogP contribution in [0, 0.1) is 0 Å². The van der Waals surface area contributed by atoms with Gasteiger partial charge in [-0.2, -0.15) is 5.10 Å². The molecule has 2 aromatic heterocycles. The molecule has 1 aliphatic rings. The average molecular weight is 419 g/mol. The highest BCUT2D eigenvalue weighted by Crippen LogP contribution is 2.44. The first-order valence-electron chi connectivity index (χ1n) is 8.79. The normalized spacial score (nSPS) is 14.2. The summed E-state index contributed by atoms with van der Waals surface area (Å²) >= 11 is 5.98.